The maximum Gasteiger partial charge on any atom is 0.0716 e. The van der Waals surface area contributed by atoms with Crippen LogP contribution in [0.4, 0.5) is 5.69 Å². The van der Waals surface area contributed by atoms with E-state index in [-0.39, 0.29) is 6.64 Å². The highest BCUT2D eigenvalue weighted by molar-refractivity contribution is 5.54. The van der Waals surface area contributed by atoms with Crippen molar-refractivity contribution >= 4 is 5.69 Å². The molecule has 3 rings (SSSR count). The third-order valence-corrected chi connectivity index (χ3v) is 5.00. The Balaban J connectivity index is 1.91. The number of para-hydroxylation sites is 1. The number of benzene rings is 1. The topological polar surface area (TPSA) is 6.48 Å². The van der Waals surface area contributed by atoms with Crippen LogP contribution in [0.5, 0.6) is 0 Å². The van der Waals surface area contributed by atoms with E-state index < -0.39 is 0 Å². The van der Waals surface area contributed by atoms with Gasteiger partial charge in [0.15, 0.2) is 0 Å². The summed E-state index contributed by atoms with van der Waals surface area (Å²) in [5, 5.41) is 0. The fraction of sp³-hybridized carbons (Fsp3) is 0.647. The lowest BCUT2D eigenvalue weighted by molar-refractivity contribution is 0.188. The van der Waals surface area contributed by atoms with Gasteiger partial charge in [0.05, 0.1) is 8.02 Å². The third kappa shape index (κ3) is 2.27. The van der Waals surface area contributed by atoms with Crippen LogP contribution in [0.2, 0.25) is 0 Å². The Labute approximate surface area is 118 Å². The van der Waals surface area contributed by atoms with Crippen molar-refractivity contribution in [3.8, 4) is 0 Å². The Morgan fingerprint density at radius 1 is 1.11 bits per heavy atom. The predicted molar refractivity (Wildman–Crippen MR) is 81.5 cm³/mol. The molecule has 1 heterocycles. The van der Waals surface area contributed by atoms with Gasteiger partial charge in [-0.2, -0.15) is 0 Å². The zero-order valence-electron chi connectivity index (χ0n) is 13.3. The Hall–Kier alpha value is -1.02. The van der Waals surface area contributed by atoms with Crippen molar-refractivity contribution in [1.29, 1.82) is 0 Å². The Kier molecular flexibility index (Phi) is 3.20. The molecule has 19 heavy (non-hydrogen) atoms. The Morgan fingerprint density at radius 3 is 2.47 bits per heavy atom. The second-order valence-electron chi connectivity index (χ2n) is 6.18. The van der Waals surface area contributed by atoms with Gasteiger partial charge in [0.2, 0.25) is 0 Å². The number of hydrogen-bond acceptors (Lipinski definition) is 2. The van der Waals surface area contributed by atoms with Crippen molar-refractivity contribution < 1.29 is 1.37 Å². The average molecular weight is 259 g/mol. The van der Waals surface area contributed by atoms with Crippen LogP contribution in [0, 0.1) is 6.92 Å². The number of rotatable bonds is 2. The first-order valence-electron chi connectivity index (χ1n) is 8.22. The largest absolute Gasteiger partial charge is 0.354 e. The minimum Gasteiger partial charge on any atom is -0.354 e. The lowest BCUT2D eigenvalue weighted by atomic mass is 10.1. The molecule has 0 amide bonds. The molecule has 104 valence electrons. The molecule has 0 radical (unpaired) electrons. The number of anilines is 1. The highest BCUT2D eigenvalue weighted by Gasteiger charge is 2.38. The second kappa shape index (κ2) is 5.16. The van der Waals surface area contributed by atoms with E-state index in [9.17, 15) is 0 Å². The average Bonchev–Trinajstić information content (AvgIpc) is 3.01. The summed E-state index contributed by atoms with van der Waals surface area (Å²) in [5.41, 5.74) is 2.50. The maximum atomic E-state index is 8.76. The van der Waals surface area contributed by atoms with E-state index in [2.05, 4.69) is 54.8 Å². The van der Waals surface area contributed by atoms with Crippen LogP contribution < -0.4 is 4.90 Å². The molecule has 2 heteroatoms. The van der Waals surface area contributed by atoms with Gasteiger partial charge in [-0.15, -0.1) is 0 Å². The molecule has 2 unspecified atom stereocenters. The van der Waals surface area contributed by atoms with Crippen molar-refractivity contribution in [2.24, 2.45) is 0 Å². The summed E-state index contributed by atoms with van der Waals surface area (Å²) in [6, 6.07) is 9.96. The zero-order valence-corrected chi connectivity index (χ0v) is 12.3. The lowest BCUT2D eigenvalue weighted by Gasteiger charge is -2.27. The fourth-order valence-electron chi connectivity index (χ4n) is 3.60. The third-order valence-electron chi connectivity index (χ3n) is 5.00. The van der Waals surface area contributed by atoms with Crippen LogP contribution >= 0.6 is 0 Å². The molecular weight excluding hydrogens is 232 g/mol. The van der Waals surface area contributed by atoms with Gasteiger partial charge in [0, 0.05) is 23.8 Å². The molecule has 1 aromatic carbocycles. The zero-order chi connectivity index (χ0) is 14.3. The van der Waals surface area contributed by atoms with Crippen LogP contribution in [0.15, 0.2) is 24.3 Å². The molecule has 1 aliphatic carbocycles. The van der Waals surface area contributed by atoms with Gasteiger partial charge < -0.3 is 4.90 Å². The van der Waals surface area contributed by atoms with Gasteiger partial charge in [-0.1, -0.05) is 31.0 Å². The first-order chi connectivity index (χ1) is 9.61. The minimum atomic E-state index is -0.232. The normalized spacial score (nSPS) is 33.9. The van der Waals surface area contributed by atoms with Gasteiger partial charge in [-0.05, 0) is 45.2 Å². The van der Waals surface area contributed by atoms with E-state index in [0.717, 1.165) is 0 Å². The van der Waals surface area contributed by atoms with Crippen molar-refractivity contribution in [3.63, 3.8) is 0 Å². The van der Waals surface area contributed by atoms with Crippen molar-refractivity contribution in [1.82, 2.24) is 4.90 Å². The van der Waals surface area contributed by atoms with Crippen molar-refractivity contribution in [3.05, 3.63) is 29.8 Å². The highest BCUT2D eigenvalue weighted by Crippen LogP contribution is 2.34. The Morgan fingerprint density at radius 2 is 1.79 bits per heavy atom. The van der Waals surface area contributed by atoms with Crippen LogP contribution in [-0.4, -0.2) is 29.7 Å². The molecular formula is C17H26N2. The van der Waals surface area contributed by atoms with Gasteiger partial charge >= 0.3 is 0 Å². The van der Waals surface area contributed by atoms with Crippen LogP contribution in [0.25, 0.3) is 0 Å². The van der Waals surface area contributed by atoms with Gasteiger partial charge in [0.25, 0.3) is 0 Å². The molecule has 0 spiro atoms. The minimum absolute atomic E-state index is 0.232. The molecule has 1 saturated carbocycles. The van der Waals surface area contributed by atoms with E-state index in [1.165, 1.54) is 36.9 Å². The summed E-state index contributed by atoms with van der Waals surface area (Å²) >= 11 is 0. The maximum absolute atomic E-state index is 8.76. The van der Waals surface area contributed by atoms with E-state index in [4.69, 9.17) is 1.37 Å². The van der Waals surface area contributed by atoms with E-state index in [1.807, 2.05) is 0 Å². The van der Waals surface area contributed by atoms with Crippen molar-refractivity contribution in [2.75, 3.05) is 11.5 Å². The number of nitrogens with zero attached hydrogens (tertiary/aromatic N) is 2. The first-order valence-corrected chi connectivity index (χ1v) is 7.65. The summed E-state index contributed by atoms with van der Waals surface area (Å²) in [7, 11) is 0. The van der Waals surface area contributed by atoms with Gasteiger partial charge in [-0.25, -0.2) is 0 Å². The second-order valence-corrected chi connectivity index (χ2v) is 6.18. The first kappa shape index (κ1) is 11.8. The summed E-state index contributed by atoms with van der Waals surface area (Å²) < 4.78 is 8.76. The highest BCUT2D eigenvalue weighted by atomic mass is 15.4. The number of hydrogen-bond donors (Lipinski definition) is 0. The van der Waals surface area contributed by atoms with E-state index in [0.29, 0.717) is 18.1 Å². The van der Waals surface area contributed by atoms with Gasteiger partial charge in [0.1, 0.15) is 0 Å². The molecule has 0 bridgehead atoms. The van der Waals surface area contributed by atoms with Crippen LogP contribution in [0.1, 0.15) is 46.5 Å². The lowest BCUT2D eigenvalue weighted by Crippen LogP contribution is -2.38. The summed E-state index contributed by atoms with van der Waals surface area (Å²) in [6.07, 6.45) is 5.21. The molecule has 2 nitrogen and oxygen atoms in total. The van der Waals surface area contributed by atoms with Crippen LogP contribution in [-0.2, 0) is 0 Å². The standard InChI is InChI=1S/C17H26N2/c1-13-8-4-7-11-17(13)19-12-18(14(2)15(19)3)16-9-5-6-10-16/h4,7-8,11,14-16H,5-6,9-10,12H2,1-3H3/t14?,15-/m0/s1/i12D/t12?,14?,15-. The van der Waals surface area contributed by atoms with E-state index in [1.54, 1.807) is 0 Å². The summed E-state index contributed by atoms with van der Waals surface area (Å²) in [6.45, 7) is 6.48. The summed E-state index contributed by atoms with van der Waals surface area (Å²) in [5.74, 6) is 0. The molecule has 1 saturated heterocycles. The smallest absolute Gasteiger partial charge is 0.0716 e. The Bertz CT molecular complexity index is 470. The summed E-state index contributed by atoms with van der Waals surface area (Å²) in [4.78, 5) is 4.75. The predicted octanol–water partition coefficient (Wildman–Crippen LogP) is 3.79. The molecule has 0 aromatic heterocycles. The SMILES string of the molecule is [2H]C1N(C2CCCC2)C(C)[C@H](C)N1c1ccccc1C. The molecule has 2 aliphatic rings. The van der Waals surface area contributed by atoms with E-state index >= 15 is 0 Å². The molecule has 2 fully saturated rings. The number of aryl methyl sites for hydroxylation is 1. The molecule has 0 N–H and O–H groups in total. The fourth-order valence-corrected chi connectivity index (χ4v) is 3.60. The van der Waals surface area contributed by atoms with Gasteiger partial charge in [-0.3, -0.25) is 4.90 Å². The quantitative estimate of drug-likeness (QED) is 0.797. The molecule has 1 aromatic rings. The van der Waals surface area contributed by atoms with Crippen LogP contribution in [0.3, 0.4) is 0 Å². The van der Waals surface area contributed by atoms with Crippen molar-refractivity contribution in [2.45, 2.75) is 64.6 Å². The molecule has 1 aliphatic heterocycles. The monoisotopic (exact) mass is 259 g/mol. The molecule has 3 atom stereocenters.